The third kappa shape index (κ3) is 1.85. The summed E-state index contributed by atoms with van der Waals surface area (Å²) in [6, 6.07) is 8.50. The van der Waals surface area contributed by atoms with E-state index in [-0.39, 0.29) is 0 Å². The van der Waals surface area contributed by atoms with E-state index in [2.05, 4.69) is 47.7 Å². The van der Waals surface area contributed by atoms with Crippen LogP contribution in [-0.2, 0) is 6.54 Å². The van der Waals surface area contributed by atoms with Crippen LogP contribution in [0.4, 0.5) is 0 Å². The summed E-state index contributed by atoms with van der Waals surface area (Å²) in [4.78, 5) is 4.57. The van der Waals surface area contributed by atoms with Gasteiger partial charge >= 0.3 is 0 Å². The number of imidazole rings is 1. The van der Waals surface area contributed by atoms with Gasteiger partial charge in [0.05, 0.1) is 5.69 Å². The van der Waals surface area contributed by atoms with Crippen LogP contribution in [-0.4, -0.2) is 9.55 Å². The first-order valence-corrected chi connectivity index (χ1v) is 6.87. The van der Waals surface area contributed by atoms with E-state index in [0.29, 0.717) is 11.1 Å². The predicted octanol–water partition coefficient (Wildman–Crippen LogP) is 4.41. The van der Waals surface area contributed by atoms with Crippen molar-refractivity contribution >= 4 is 11.6 Å². The molecule has 1 atom stereocenters. The molecule has 1 unspecified atom stereocenters. The fourth-order valence-corrected chi connectivity index (χ4v) is 3.12. The Labute approximate surface area is 113 Å². The van der Waals surface area contributed by atoms with E-state index in [9.17, 15) is 0 Å². The van der Waals surface area contributed by atoms with Gasteiger partial charge in [-0.25, -0.2) is 4.98 Å². The Morgan fingerprint density at radius 3 is 2.72 bits per heavy atom. The van der Waals surface area contributed by atoms with Gasteiger partial charge in [-0.3, -0.25) is 0 Å². The molecule has 2 heterocycles. The van der Waals surface area contributed by atoms with Crippen LogP contribution in [0, 0.1) is 6.92 Å². The normalized spacial score (nSPS) is 18.7. The Balaban J connectivity index is 2.13. The van der Waals surface area contributed by atoms with Crippen molar-refractivity contribution < 1.29 is 0 Å². The average Bonchev–Trinajstić information content (AvgIpc) is 2.69. The fourth-order valence-electron chi connectivity index (χ4n) is 2.75. The summed E-state index contributed by atoms with van der Waals surface area (Å²) in [6.45, 7) is 5.36. The topological polar surface area (TPSA) is 17.8 Å². The molecular formula is C15H17ClN2. The van der Waals surface area contributed by atoms with Crippen molar-refractivity contribution in [1.29, 1.82) is 0 Å². The highest BCUT2D eigenvalue weighted by molar-refractivity contribution is 6.30. The second-order valence-corrected chi connectivity index (χ2v) is 5.53. The summed E-state index contributed by atoms with van der Waals surface area (Å²) in [6.07, 6.45) is 2.42. The fraction of sp³-hybridized carbons (Fsp3) is 0.400. The first-order chi connectivity index (χ1) is 8.66. The molecule has 2 nitrogen and oxygen atoms in total. The highest BCUT2D eigenvalue weighted by Gasteiger charge is 2.24. The molecule has 1 aromatic carbocycles. The zero-order valence-corrected chi connectivity index (χ0v) is 11.5. The molecule has 0 bridgehead atoms. The molecule has 0 spiro atoms. The predicted molar refractivity (Wildman–Crippen MR) is 75.1 cm³/mol. The third-order valence-electron chi connectivity index (χ3n) is 3.76. The summed E-state index contributed by atoms with van der Waals surface area (Å²) in [7, 11) is 0. The number of benzene rings is 1. The molecule has 0 saturated heterocycles. The van der Waals surface area contributed by atoms with E-state index >= 15 is 0 Å². The van der Waals surface area contributed by atoms with E-state index in [4.69, 9.17) is 11.6 Å². The molecule has 0 radical (unpaired) electrons. The molecule has 1 aliphatic rings. The summed E-state index contributed by atoms with van der Waals surface area (Å²) < 4.78 is 2.29. The van der Waals surface area contributed by atoms with Gasteiger partial charge in [-0.1, -0.05) is 48.4 Å². The van der Waals surface area contributed by atoms with Gasteiger partial charge in [0.1, 0.15) is 5.82 Å². The molecule has 94 valence electrons. The molecule has 1 aliphatic heterocycles. The number of rotatable bonds is 1. The molecule has 18 heavy (non-hydrogen) atoms. The van der Waals surface area contributed by atoms with E-state index in [0.717, 1.165) is 17.9 Å². The summed E-state index contributed by atoms with van der Waals surface area (Å²) in [5.41, 5.74) is 3.63. The lowest BCUT2D eigenvalue weighted by molar-refractivity contribution is 0.478. The molecule has 0 saturated carbocycles. The summed E-state index contributed by atoms with van der Waals surface area (Å²) >= 11 is 6.31. The van der Waals surface area contributed by atoms with Crippen molar-refractivity contribution in [3.05, 3.63) is 40.7 Å². The molecule has 0 N–H and O–H groups in total. The van der Waals surface area contributed by atoms with Crippen LogP contribution in [0.3, 0.4) is 0 Å². The molecule has 0 amide bonds. The number of aryl methyl sites for hydroxylation is 1. The number of fused-ring (bicyclic) bond motifs is 1. The zero-order chi connectivity index (χ0) is 12.7. The van der Waals surface area contributed by atoms with Gasteiger partial charge in [-0.2, -0.15) is 0 Å². The number of hydrogen-bond acceptors (Lipinski definition) is 1. The molecule has 3 heteroatoms. The lowest BCUT2D eigenvalue weighted by Gasteiger charge is -2.22. The van der Waals surface area contributed by atoms with Gasteiger partial charge in [0.15, 0.2) is 5.15 Å². The van der Waals surface area contributed by atoms with Crippen molar-refractivity contribution in [2.75, 3.05) is 0 Å². The Hall–Kier alpha value is -1.28. The Kier molecular flexibility index (Phi) is 2.90. The van der Waals surface area contributed by atoms with Crippen molar-refractivity contribution in [1.82, 2.24) is 9.55 Å². The molecule has 3 rings (SSSR count). The van der Waals surface area contributed by atoms with Crippen LogP contribution in [0.5, 0.6) is 0 Å². The minimum absolute atomic E-state index is 0.512. The van der Waals surface area contributed by atoms with Crippen molar-refractivity contribution in [2.45, 2.75) is 39.2 Å². The maximum absolute atomic E-state index is 6.31. The largest absolute Gasteiger partial charge is 0.326 e. The number of nitrogens with zero attached hydrogens (tertiary/aromatic N) is 2. The summed E-state index contributed by atoms with van der Waals surface area (Å²) in [5, 5.41) is 0.678. The highest BCUT2D eigenvalue weighted by Crippen LogP contribution is 2.36. The van der Waals surface area contributed by atoms with Crippen molar-refractivity contribution in [2.24, 2.45) is 0 Å². The number of hydrogen-bond donors (Lipinski definition) is 0. The second-order valence-electron chi connectivity index (χ2n) is 5.17. The van der Waals surface area contributed by atoms with Gasteiger partial charge in [-0.05, 0) is 25.7 Å². The van der Waals surface area contributed by atoms with E-state index in [1.165, 1.54) is 24.1 Å². The average molecular weight is 261 g/mol. The van der Waals surface area contributed by atoms with Crippen LogP contribution in [0.15, 0.2) is 24.3 Å². The number of halogens is 1. The monoisotopic (exact) mass is 260 g/mol. The second kappa shape index (κ2) is 4.43. The van der Waals surface area contributed by atoms with Crippen LogP contribution >= 0.6 is 11.6 Å². The first kappa shape index (κ1) is 11.8. The van der Waals surface area contributed by atoms with E-state index in [1.54, 1.807) is 0 Å². The standard InChI is InChI=1S/C15H17ClN2/c1-10-5-7-12(8-6-10)15-17-14(16)13-11(2)4-3-9-18(13)15/h5-8,11H,3-4,9H2,1-2H3. The van der Waals surface area contributed by atoms with Gasteiger partial charge in [0.2, 0.25) is 0 Å². The van der Waals surface area contributed by atoms with Gasteiger partial charge in [-0.15, -0.1) is 0 Å². The number of aromatic nitrogens is 2. The van der Waals surface area contributed by atoms with Crippen LogP contribution < -0.4 is 0 Å². The minimum atomic E-state index is 0.512. The van der Waals surface area contributed by atoms with Crippen LogP contribution in [0.2, 0.25) is 5.15 Å². The summed E-state index contributed by atoms with van der Waals surface area (Å²) in [5.74, 6) is 1.53. The zero-order valence-electron chi connectivity index (χ0n) is 10.8. The van der Waals surface area contributed by atoms with E-state index in [1.807, 2.05) is 0 Å². The van der Waals surface area contributed by atoms with Gasteiger partial charge in [0.25, 0.3) is 0 Å². The third-order valence-corrected chi connectivity index (χ3v) is 4.04. The quantitative estimate of drug-likeness (QED) is 0.743. The smallest absolute Gasteiger partial charge is 0.151 e. The van der Waals surface area contributed by atoms with Crippen molar-refractivity contribution in [3.8, 4) is 11.4 Å². The van der Waals surface area contributed by atoms with Crippen molar-refractivity contribution in [3.63, 3.8) is 0 Å². The minimum Gasteiger partial charge on any atom is -0.326 e. The Morgan fingerprint density at radius 1 is 1.28 bits per heavy atom. The lowest BCUT2D eigenvalue weighted by Crippen LogP contribution is -2.14. The highest BCUT2D eigenvalue weighted by atomic mass is 35.5. The van der Waals surface area contributed by atoms with Crippen LogP contribution in [0.1, 0.15) is 36.9 Å². The molecular weight excluding hydrogens is 244 g/mol. The molecule has 0 fully saturated rings. The Morgan fingerprint density at radius 2 is 2.00 bits per heavy atom. The Bertz CT molecular complexity index is 569. The molecule has 0 aliphatic carbocycles. The molecule has 2 aromatic rings. The first-order valence-electron chi connectivity index (χ1n) is 6.50. The lowest BCUT2D eigenvalue weighted by atomic mass is 9.98. The van der Waals surface area contributed by atoms with Gasteiger partial charge in [0, 0.05) is 12.1 Å². The molecule has 1 aromatic heterocycles. The maximum atomic E-state index is 6.31. The van der Waals surface area contributed by atoms with E-state index < -0.39 is 0 Å². The SMILES string of the molecule is Cc1ccc(-c2nc(Cl)c3n2CCCC3C)cc1. The maximum Gasteiger partial charge on any atom is 0.151 e. The van der Waals surface area contributed by atoms with Crippen LogP contribution in [0.25, 0.3) is 11.4 Å². The van der Waals surface area contributed by atoms with Gasteiger partial charge < -0.3 is 4.57 Å².